The molecule has 0 bridgehead atoms. The molecule has 0 atom stereocenters. The van der Waals surface area contributed by atoms with Gasteiger partial charge in [-0.3, -0.25) is 9.78 Å². The molecular formula is C14H21N3O. The largest absolute Gasteiger partial charge is 0.332 e. The number of hydrogen-bond donors (Lipinski definition) is 1. The standard InChI is InChI=1S/C14H21N3O/c1-14(2,15-3)13(18)17(12-7-8-12)10-11-6-4-5-9-16-11/h4-6,9,12,15H,7-8,10H2,1-3H3. The van der Waals surface area contributed by atoms with Crippen LogP contribution in [0.5, 0.6) is 0 Å². The fourth-order valence-corrected chi connectivity index (χ4v) is 1.89. The van der Waals surface area contributed by atoms with Gasteiger partial charge in [0.05, 0.1) is 17.8 Å². The molecule has 1 aromatic rings. The number of nitrogens with one attached hydrogen (secondary N) is 1. The van der Waals surface area contributed by atoms with Gasteiger partial charge in [0.25, 0.3) is 0 Å². The van der Waals surface area contributed by atoms with E-state index in [1.54, 1.807) is 6.20 Å². The van der Waals surface area contributed by atoms with E-state index in [1.165, 1.54) is 0 Å². The number of carbonyl (C=O) groups excluding carboxylic acids is 1. The average Bonchev–Trinajstić information content (AvgIpc) is 3.20. The predicted molar refractivity (Wildman–Crippen MR) is 70.9 cm³/mol. The fraction of sp³-hybridized carbons (Fsp3) is 0.571. The van der Waals surface area contributed by atoms with E-state index in [4.69, 9.17) is 0 Å². The lowest BCUT2D eigenvalue weighted by atomic mass is 10.0. The maximum atomic E-state index is 12.5. The second kappa shape index (κ2) is 5.06. The van der Waals surface area contributed by atoms with Crippen molar-refractivity contribution in [3.8, 4) is 0 Å². The molecule has 98 valence electrons. The third kappa shape index (κ3) is 2.88. The van der Waals surface area contributed by atoms with Crippen LogP contribution in [0.25, 0.3) is 0 Å². The van der Waals surface area contributed by atoms with Gasteiger partial charge in [-0.1, -0.05) is 6.07 Å². The van der Waals surface area contributed by atoms with Crippen molar-refractivity contribution in [2.45, 2.75) is 44.8 Å². The van der Waals surface area contributed by atoms with Crippen molar-refractivity contribution >= 4 is 5.91 Å². The normalized spacial score (nSPS) is 15.5. The highest BCUT2D eigenvalue weighted by molar-refractivity contribution is 5.86. The molecule has 1 saturated carbocycles. The molecule has 0 spiro atoms. The molecule has 1 fully saturated rings. The Morgan fingerprint density at radius 3 is 2.72 bits per heavy atom. The van der Waals surface area contributed by atoms with Crippen molar-refractivity contribution in [2.75, 3.05) is 7.05 Å². The van der Waals surface area contributed by atoms with Crippen LogP contribution in [0, 0.1) is 0 Å². The van der Waals surface area contributed by atoms with Crippen LogP contribution in [-0.4, -0.2) is 34.4 Å². The Kier molecular flexibility index (Phi) is 3.66. The van der Waals surface area contributed by atoms with Crippen molar-refractivity contribution in [1.82, 2.24) is 15.2 Å². The van der Waals surface area contributed by atoms with Crippen LogP contribution < -0.4 is 5.32 Å². The molecule has 1 aliphatic carbocycles. The first-order valence-electron chi connectivity index (χ1n) is 6.44. The zero-order chi connectivity index (χ0) is 13.2. The summed E-state index contributed by atoms with van der Waals surface area (Å²) in [5.41, 5.74) is 0.432. The number of aromatic nitrogens is 1. The van der Waals surface area contributed by atoms with E-state index in [9.17, 15) is 4.79 Å². The number of nitrogens with zero attached hydrogens (tertiary/aromatic N) is 2. The van der Waals surface area contributed by atoms with Gasteiger partial charge in [0.1, 0.15) is 0 Å². The summed E-state index contributed by atoms with van der Waals surface area (Å²) >= 11 is 0. The second-order valence-electron chi connectivity index (χ2n) is 5.36. The molecule has 0 aromatic carbocycles. The van der Waals surface area contributed by atoms with E-state index < -0.39 is 5.54 Å². The summed E-state index contributed by atoms with van der Waals surface area (Å²) in [5.74, 6) is 0.151. The summed E-state index contributed by atoms with van der Waals surface area (Å²) in [6, 6.07) is 6.22. The summed E-state index contributed by atoms with van der Waals surface area (Å²) < 4.78 is 0. The molecule has 0 unspecified atom stereocenters. The monoisotopic (exact) mass is 247 g/mol. The molecule has 0 saturated heterocycles. The third-order valence-electron chi connectivity index (χ3n) is 3.47. The van der Waals surface area contributed by atoms with Crippen molar-refractivity contribution in [3.63, 3.8) is 0 Å². The van der Waals surface area contributed by atoms with Gasteiger partial charge in [-0.25, -0.2) is 0 Å². The third-order valence-corrected chi connectivity index (χ3v) is 3.47. The van der Waals surface area contributed by atoms with Gasteiger partial charge in [0.15, 0.2) is 0 Å². The predicted octanol–water partition coefficient (Wildman–Crippen LogP) is 1.57. The number of pyridine rings is 1. The second-order valence-corrected chi connectivity index (χ2v) is 5.36. The van der Waals surface area contributed by atoms with E-state index in [2.05, 4.69) is 10.3 Å². The van der Waals surface area contributed by atoms with Crippen LogP contribution in [-0.2, 0) is 11.3 Å². The van der Waals surface area contributed by atoms with Gasteiger partial charge in [0.2, 0.25) is 5.91 Å². The lowest BCUT2D eigenvalue weighted by Gasteiger charge is -2.31. The molecule has 1 N–H and O–H groups in total. The molecule has 1 heterocycles. The number of hydrogen-bond acceptors (Lipinski definition) is 3. The summed E-state index contributed by atoms with van der Waals surface area (Å²) in [6.07, 6.45) is 3.99. The lowest BCUT2D eigenvalue weighted by Crippen LogP contribution is -2.53. The van der Waals surface area contributed by atoms with Crippen LogP contribution in [0.4, 0.5) is 0 Å². The van der Waals surface area contributed by atoms with Gasteiger partial charge in [-0.05, 0) is 45.9 Å². The zero-order valence-electron chi connectivity index (χ0n) is 11.3. The first-order chi connectivity index (χ1) is 8.54. The van der Waals surface area contributed by atoms with Gasteiger partial charge in [-0.15, -0.1) is 0 Å². The van der Waals surface area contributed by atoms with E-state index in [1.807, 2.05) is 44.0 Å². The summed E-state index contributed by atoms with van der Waals surface area (Å²) in [6.45, 7) is 4.45. The highest BCUT2D eigenvalue weighted by Crippen LogP contribution is 2.30. The van der Waals surface area contributed by atoms with Crippen molar-refractivity contribution in [3.05, 3.63) is 30.1 Å². The minimum absolute atomic E-state index is 0.151. The maximum Gasteiger partial charge on any atom is 0.242 e. The average molecular weight is 247 g/mol. The summed E-state index contributed by atoms with van der Waals surface area (Å²) in [5, 5.41) is 3.08. The van der Waals surface area contributed by atoms with Gasteiger partial charge >= 0.3 is 0 Å². The summed E-state index contributed by atoms with van der Waals surface area (Å²) in [4.78, 5) is 18.8. The maximum absolute atomic E-state index is 12.5. The highest BCUT2D eigenvalue weighted by atomic mass is 16.2. The topological polar surface area (TPSA) is 45.2 Å². The van der Waals surface area contributed by atoms with Crippen LogP contribution in [0.1, 0.15) is 32.4 Å². The number of likely N-dealkylation sites (N-methyl/N-ethyl adjacent to an activating group) is 1. The quantitative estimate of drug-likeness (QED) is 0.859. The Bertz CT molecular complexity index is 412. The van der Waals surface area contributed by atoms with Crippen molar-refractivity contribution in [2.24, 2.45) is 0 Å². The molecule has 4 heteroatoms. The van der Waals surface area contributed by atoms with Crippen molar-refractivity contribution in [1.29, 1.82) is 0 Å². The van der Waals surface area contributed by atoms with E-state index in [-0.39, 0.29) is 5.91 Å². The Balaban J connectivity index is 2.12. The van der Waals surface area contributed by atoms with E-state index in [0.29, 0.717) is 12.6 Å². The molecule has 1 aromatic heterocycles. The Labute approximate surface area is 108 Å². The molecule has 4 nitrogen and oxygen atoms in total. The Morgan fingerprint density at radius 1 is 1.50 bits per heavy atom. The molecule has 1 amide bonds. The Morgan fingerprint density at radius 2 is 2.22 bits per heavy atom. The first-order valence-corrected chi connectivity index (χ1v) is 6.44. The highest BCUT2D eigenvalue weighted by Gasteiger charge is 2.38. The minimum Gasteiger partial charge on any atom is -0.332 e. The van der Waals surface area contributed by atoms with Gasteiger partial charge < -0.3 is 10.2 Å². The van der Waals surface area contributed by atoms with Gasteiger partial charge in [-0.2, -0.15) is 0 Å². The van der Waals surface area contributed by atoms with E-state index >= 15 is 0 Å². The minimum atomic E-state index is -0.516. The number of amides is 1. The zero-order valence-corrected chi connectivity index (χ0v) is 11.3. The van der Waals surface area contributed by atoms with Crippen LogP contribution >= 0.6 is 0 Å². The van der Waals surface area contributed by atoms with Crippen LogP contribution in [0.15, 0.2) is 24.4 Å². The first kappa shape index (κ1) is 13.0. The number of rotatable bonds is 5. The molecule has 2 rings (SSSR count). The van der Waals surface area contributed by atoms with E-state index in [0.717, 1.165) is 18.5 Å². The molecule has 0 radical (unpaired) electrons. The molecule has 0 aliphatic heterocycles. The van der Waals surface area contributed by atoms with Crippen LogP contribution in [0.3, 0.4) is 0 Å². The SMILES string of the molecule is CNC(C)(C)C(=O)N(Cc1ccccn1)C1CC1. The molecule has 1 aliphatic rings. The number of carbonyl (C=O) groups is 1. The van der Waals surface area contributed by atoms with Crippen LogP contribution in [0.2, 0.25) is 0 Å². The summed E-state index contributed by atoms with van der Waals surface area (Å²) in [7, 11) is 1.82. The Hall–Kier alpha value is -1.42. The lowest BCUT2D eigenvalue weighted by molar-refractivity contribution is -0.138. The van der Waals surface area contributed by atoms with Gasteiger partial charge in [0, 0.05) is 12.2 Å². The fourth-order valence-electron chi connectivity index (χ4n) is 1.89. The molecular weight excluding hydrogens is 226 g/mol. The smallest absolute Gasteiger partial charge is 0.242 e. The molecule has 18 heavy (non-hydrogen) atoms. The van der Waals surface area contributed by atoms with Crippen molar-refractivity contribution < 1.29 is 4.79 Å².